The van der Waals surface area contributed by atoms with E-state index >= 15 is 0 Å². The van der Waals surface area contributed by atoms with Gasteiger partial charge in [0.1, 0.15) is 0 Å². The Balaban J connectivity index is 1.76. The number of carbonyl (C=O) groups excluding carboxylic acids is 1. The van der Waals surface area contributed by atoms with Crippen LogP contribution in [0, 0.1) is 26.7 Å². The van der Waals surface area contributed by atoms with Crippen LogP contribution in [0.3, 0.4) is 0 Å². The van der Waals surface area contributed by atoms with Gasteiger partial charge in [0.05, 0.1) is 11.8 Å². The first-order chi connectivity index (χ1) is 11.5. The number of likely N-dealkylation sites (tertiary alicyclic amines) is 1. The lowest BCUT2D eigenvalue weighted by Gasteiger charge is -2.19. The number of hydrogen-bond donors (Lipinski definition) is 1. The standard InChI is InChI=1S/C19H23N3O2/c1-12-6-13(2)18(14(3)7-12)19(24)22-10-15(17(23)11-22)8-16-9-20-4-5-21-16/h4-7,9,15,17,23H,8,10-11H2,1-3H3/t15-,17-/m1/s1. The van der Waals surface area contributed by atoms with E-state index in [9.17, 15) is 9.90 Å². The predicted molar refractivity (Wildman–Crippen MR) is 91.8 cm³/mol. The van der Waals surface area contributed by atoms with Gasteiger partial charge in [-0.15, -0.1) is 0 Å². The van der Waals surface area contributed by atoms with Crippen LogP contribution in [0.25, 0.3) is 0 Å². The van der Waals surface area contributed by atoms with Crippen molar-refractivity contribution in [2.45, 2.75) is 33.3 Å². The first kappa shape index (κ1) is 16.6. The van der Waals surface area contributed by atoms with E-state index in [0.717, 1.165) is 27.9 Å². The number of hydrogen-bond acceptors (Lipinski definition) is 4. The molecule has 2 atom stereocenters. The molecule has 0 unspecified atom stereocenters. The normalized spacial score (nSPS) is 20.4. The van der Waals surface area contributed by atoms with Crippen molar-refractivity contribution in [3.8, 4) is 0 Å². The van der Waals surface area contributed by atoms with Crippen molar-refractivity contribution in [2.75, 3.05) is 13.1 Å². The summed E-state index contributed by atoms with van der Waals surface area (Å²) in [5, 5.41) is 10.4. The molecule has 2 aromatic rings. The maximum atomic E-state index is 12.9. The van der Waals surface area contributed by atoms with Gasteiger partial charge < -0.3 is 10.0 Å². The van der Waals surface area contributed by atoms with Gasteiger partial charge in [-0.25, -0.2) is 0 Å². The van der Waals surface area contributed by atoms with E-state index in [-0.39, 0.29) is 11.8 Å². The van der Waals surface area contributed by atoms with E-state index in [2.05, 4.69) is 9.97 Å². The van der Waals surface area contributed by atoms with Crippen LogP contribution in [-0.4, -0.2) is 45.1 Å². The fraction of sp³-hybridized carbons (Fsp3) is 0.421. The summed E-state index contributed by atoms with van der Waals surface area (Å²) in [4.78, 5) is 23.0. The molecule has 0 bridgehead atoms. The number of nitrogens with zero attached hydrogens (tertiary/aromatic N) is 3. The van der Waals surface area contributed by atoms with Crippen molar-refractivity contribution in [1.82, 2.24) is 14.9 Å². The molecule has 0 spiro atoms. The average Bonchev–Trinajstić information content (AvgIpc) is 2.88. The third kappa shape index (κ3) is 3.31. The fourth-order valence-corrected chi connectivity index (χ4v) is 3.60. The average molecular weight is 325 g/mol. The first-order valence-electron chi connectivity index (χ1n) is 8.25. The highest BCUT2D eigenvalue weighted by Crippen LogP contribution is 2.25. The maximum Gasteiger partial charge on any atom is 0.254 e. The zero-order valence-electron chi connectivity index (χ0n) is 14.4. The van der Waals surface area contributed by atoms with Gasteiger partial charge in [0.25, 0.3) is 5.91 Å². The van der Waals surface area contributed by atoms with Crippen LogP contribution >= 0.6 is 0 Å². The van der Waals surface area contributed by atoms with Crippen LogP contribution in [0.15, 0.2) is 30.7 Å². The smallest absolute Gasteiger partial charge is 0.254 e. The number of aliphatic hydroxyl groups is 1. The molecule has 1 aromatic carbocycles. The summed E-state index contributed by atoms with van der Waals surface area (Å²) in [6.07, 6.45) is 5.10. The van der Waals surface area contributed by atoms with E-state index in [1.165, 1.54) is 0 Å². The molecule has 1 amide bonds. The Morgan fingerprint density at radius 1 is 1.21 bits per heavy atom. The van der Waals surface area contributed by atoms with Crippen molar-refractivity contribution in [2.24, 2.45) is 5.92 Å². The Hall–Kier alpha value is -2.27. The number of benzene rings is 1. The highest BCUT2D eigenvalue weighted by atomic mass is 16.3. The van der Waals surface area contributed by atoms with Gasteiger partial charge in [-0.05, 0) is 38.3 Å². The molecule has 1 aliphatic heterocycles. The summed E-state index contributed by atoms with van der Waals surface area (Å²) < 4.78 is 0. The predicted octanol–water partition coefficient (Wildman–Crippen LogP) is 2.08. The molecule has 1 aliphatic rings. The molecule has 1 aromatic heterocycles. The zero-order chi connectivity index (χ0) is 17.3. The van der Waals surface area contributed by atoms with Crippen LogP contribution in [0.4, 0.5) is 0 Å². The zero-order valence-corrected chi connectivity index (χ0v) is 14.4. The Bertz CT molecular complexity index is 723. The Morgan fingerprint density at radius 2 is 1.92 bits per heavy atom. The molecule has 24 heavy (non-hydrogen) atoms. The van der Waals surface area contributed by atoms with Crippen LogP contribution < -0.4 is 0 Å². The third-order valence-electron chi connectivity index (χ3n) is 4.67. The number of β-amino-alcohol motifs (C(OH)–C–C–N with tert-alkyl or cyclic N) is 1. The van der Waals surface area contributed by atoms with Crippen LogP contribution in [0.5, 0.6) is 0 Å². The van der Waals surface area contributed by atoms with Crippen molar-refractivity contribution >= 4 is 5.91 Å². The summed E-state index contributed by atoms with van der Waals surface area (Å²) >= 11 is 0. The lowest BCUT2D eigenvalue weighted by Crippen LogP contribution is -2.30. The summed E-state index contributed by atoms with van der Waals surface area (Å²) in [7, 11) is 0. The van der Waals surface area contributed by atoms with Gasteiger partial charge in [-0.1, -0.05) is 17.7 Å². The number of rotatable bonds is 3. The van der Waals surface area contributed by atoms with Gasteiger partial charge in [-0.2, -0.15) is 0 Å². The molecule has 3 rings (SSSR count). The minimum atomic E-state index is -0.526. The molecule has 1 saturated heterocycles. The highest BCUT2D eigenvalue weighted by Gasteiger charge is 2.35. The largest absolute Gasteiger partial charge is 0.391 e. The van der Waals surface area contributed by atoms with Gasteiger partial charge in [-0.3, -0.25) is 14.8 Å². The van der Waals surface area contributed by atoms with E-state index in [1.54, 1.807) is 23.5 Å². The van der Waals surface area contributed by atoms with Crippen LogP contribution in [0.1, 0.15) is 32.7 Å². The molecule has 5 nitrogen and oxygen atoms in total. The summed E-state index contributed by atoms with van der Waals surface area (Å²) in [5.74, 6) is 0.00223. The Morgan fingerprint density at radius 3 is 2.54 bits per heavy atom. The first-order valence-corrected chi connectivity index (χ1v) is 8.25. The molecule has 5 heteroatoms. The van der Waals surface area contributed by atoms with Crippen LogP contribution in [0.2, 0.25) is 0 Å². The van der Waals surface area contributed by atoms with E-state index in [1.807, 2.05) is 32.9 Å². The number of aryl methyl sites for hydroxylation is 3. The number of carbonyl (C=O) groups is 1. The summed E-state index contributed by atoms with van der Waals surface area (Å²) in [6, 6.07) is 4.06. The van der Waals surface area contributed by atoms with Gasteiger partial charge in [0.2, 0.25) is 0 Å². The van der Waals surface area contributed by atoms with Crippen molar-refractivity contribution in [1.29, 1.82) is 0 Å². The fourth-order valence-electron chi connectivity index (χ4n) is 3.60. The summed E-state index contributed by atoms with van der Waals surface area (Å²) in [6.45, 7) is 6.89. The Labute approximate surface area is 142 Å². The van der Waals surface area contributed by atoms with Crippen molar-refractivity contribution in [3.05, 3.63) is 58.7 Å². The second kappa shape index (κ2) is 6.69. The molecule has 1 N–H and O–H groups in total. The van der Waals surface area contributed by atoms with Crippen molar-refractivity contribution < 1.29 is 9.90 Å². The van der Waals surface area contributed by atoms with E-state index < -0.39 is 6.10 Å². The van der Waals surface area contributed by atoms with E-state index in [4.69, 9.17) is 0 Å². The number of aliphatic hydroxyl groups excluding tert-OH is 1. The van der Waals surface area contributed by atoms with Gasteiger partial charge >= 0.3 is 0 Å². The number of aromatic nitrogens is 2. The maximum absolute atomic E-state index is 12.9. The molecule has 0 saturated carbocycles. The third-order valence-corrected chi connectivity index (χ3v) is 4.67. The molecule has 0 aliphatic carbocycles. The SMILES string of the molecule is Cc1cc(C)c(C(=O)N2C[C@@H](Cc3cnccn3)[C@H](O)C2)c(C)c1. The van der Waals surface area contributed by atoms with Gasteiger partial charge in [0.15, 0.2) is 0 Å². The van der Waals surface area contributed by atoms with Crippen LogP contribution in [-0.2, 0) is 6.42 Å². The second-order valence-corrected chi connectivity index (χ2v) is 6.71. The molecule has 2 heterocycles. The molecule has 126 valence electrons. The number of amides is 1. The highest BCUT2D eigenvalue weighted by molar-refractivity contribution is 5.97. The monoisotopic (exact) mass is 325 g/mol. The van der Waals surface area contributed by atoms with Gasteiger partial charge in [0, 0.05) is 43.2 Å². The lowest BCUT2D eigenvalue weighted by atomic mass is 9.98. The molecular weight excluding hydrogens is 302 g/mol. The Kier molecular flexibility index (Phi) is 4.62. The molecule has 1 fully saturated rings. The second-order valence-electron chi connectivity index (χ2n) is 6.71. The minimum absolute atomic E-state index is 0.00305. The quantitative estimate of drug-likeness (QED) is 0.938. The lowest BCUT2D eigenvalue weighted by molar-refractivity contribution is 0.0763. The van der Waals surface area contributed by atoms with Crippen molar-refractivity contribution in [3.63, 3.8) is 0 Å². The minimum Gasteiger partial charge on any atom is -0.391 e. The molecule has 0 radical (unpaired) electrons. The topological polar surface area (TPSA) is 66.3 Å². The molecular formula is C19H23N3O2. The van der Waals surface area contributed by atoms with E-state index in [0.29, 0.717) is 19.5 Å². The summed E-state index contributed by atoms with van der Waals surface area (Å²) in [5.41, 5.74) is 4.74.